The van der Waals surface area contributed by atoms with E-state index in [1.54, 1.807) is 23.1 Å². The molecule has 4 rings (SSSR count). The number of aromatic nitrogens is 2. The van der Waals surface area contributed by atoms with E-state index in [9.17, 15) is 9.18 Å². The van der Waals surface area contributed by atoms with E-state index in [0.29, 0.717) is 6.54 Å². The molecule has 0 aliphatic heterocycles. The van der Waals surface area contributed by atoms with E-state index in [-0.39, 0.29) is 34.7 Å². The molecule has 6 heteroatoms. The van der Waals surface area contributed by atoms with Gasteiger partial charge in [0, 0.05) is 30.0 Å². The molecule has 1 N–H and O–H groups in total. The number of nitrogens with zero attached hydrogens (tertiary/aromatic N) is 3. The molecule has 4 aromatic rings. The molecule has 172 valence electrons. The van der Waals surface area contributed by atoms with Crippen molar-refractivity contribution in [3.8, 4) is 11.3 Å². The van der Waals surface area contributed by atoms with Gasteiger partial charge in [-0.05, 0) is 50.6 Å². The first-order valence-electron chi connectivity index (χ1n) is 11.2. The number of nitrogens with one attached hydrogen (secondary N) is 1. The van der Waals surface area contributed by atoms with Crippen molar-refractivity contribution in [3.63, 3.8) is 0 Å². The smallest absolute Gasteiger partial charge is 0.258 e. The fourth-order valence-electron chi connectivity index (χ4n) is 3.65. The van der Waals surface area contributed by atoms with Crippen LogP contribution in [0.15, 0.2) is 85.1 Å². The van der Waals surface area contributed by atoms with Crippen molar-refractivity contribution in [2.75, 3.05) is 5.32 Å². The standard InChI is InChI=1S/C28H27FN4O/c1-19(2)33(18-21-9-5-4-6-10-21)27(34)24-17-30-28(31-22-15-13-20(3)14-16-22)32-26(24)23-11-7-8-12-25(23)29/h4-17,19H,18H2,1-3H3,(H,30,31,32). The van der Waals surface area contributed by atoms with Crippen molar-refractivity contribution in [1.29, 1.82) is 0 Å². The number of halogens is 1. The average molecular weight is 455 g/mol. The molecular weight excluding hydrogens is 427 g/mol. The summed E-state index contributed by atoms with van der Waals surface area (Å²) in [7, 11) is 0. The Bertz CT molecular complexity index is 1270. The van der Waals surface area contributed by atoms with Gasteiger partial charge in [0.1, 0.15) is 5.82 Å². The third-order valence-corrected chi connectivity index (χ3v) is 5.54. The zero-order valence-corrected chi connectivity index (χ0v) is 19.5. The molecule has 3 aromatic carbocycles. The number of benzene rings is 3. The maximum Gasteiger partial charge on any atom is 0.258 e. The molecule has 0 radical (unpaired) electrons. The second-order valence-corrected chi connectivity index (χ2v) is 8.44. The first-order valence-corrected chi connectivity index (χ1v) is 11.2. The molecule has 1 amide bonds. The third kappa shape index (κ3) is 5.29. The van der Waals surface area contributed by atoms with E-state index < -0.39 is 5.82 Å². The molecule has 0 bridgehead atoms. The molecule has 0 atom stereocenters. The number of amides is 1. The number of hydrogen-bond donors (Lipinski definition) is 1. The van der Waals surface area contributed by atoms with Crippen LogP contribution in [0.3, 0.4) is 0 Å². The van der Waals surface area contributed by atoms with Crippen LogP contribution in [-0.4, -0.2) is 26.8 Å². The maximum absolute atomic E-state index is 14.8. The number of hydrogen-bond acceptors (Lipinski definition) is 4. The zero-order valence-electron chi connectivity index (χ0n) is 19.5. The Labute approximate surface area is 199 Å². The molecule has 5 nitrogen and oxygen atoms in total. The molecule has 0 spiro atoms. The maximum atomic E-state index is 14.8. The summed E-state index contributed by atoms with van der Waals surface area (Å²) in [6.45, 7) is 6.35. The minimum absolute atomic E-state index is 0.0773. The number of carbonyl (C=O) groups is 1. The largest absolute Gasteiger partial charge is 0.332 e. The lowest BCUT2D eigenvalue weighted by Crippen LogP contribution is -2.37. The van der Waals surface area contributed by atoms with Crippen molar-refractivity contribution in [2.24, 2.45) is 0 Å². The lowest BCUT2D eigenvalue weighted by Gasteiger charge is -2.27. The highest BCUT2D eigenvalue weighted by molar-refractivity contribution is 6.00. The highest BCUT2D eigenvalue weighted by Gasteiger charge is 2.25. The summed E-state index contributed by atoms with van der Waals surface area (Å²) in [6, 6.07) is 23.8. The molecule has 0 saturated carbocycles. The molecule has 0 saturated heterocycles. The Morgan fingerprint density at radius 2 is 1.65 bits per heavy atom. The number of anilines is 2. The van der Waals surface area contributed by atoms with E-state index in [1.807, 2.05) is 75.4 Å². The zero-order chi connectivity index (χ0) is 24.1. The minimum atomic E-state index is -0.448. The van der Waals surface area contributed by atoms with E-state index in [4.69, 9.17) is 0 Å². The summed E-state index contributed by atoms with van der Waals surface area (Å²) >= 11 is 0. The van der Waals surface area contributed by atoms with Crippen molar-refractivity contribution >= 4 is 17.5 Å². The highest BCUT2D eigenvalue weighted by atomic mass is 19.1. The van der Waals surface area contributed by atoms with E-state index in [1.165, 1.54) is 12.3 Å². The number of aryl methyl sites for hydroxylation is 1. The number of carbonyl (C=O) groups excluding carboxylic acids is 1. The molecule has 1 heterocycles. The summed E-state index contributed by atoms with van der Waals surface area (Å²) in [5.74, 6) is -0.410. The summed E-state index contributed by atoms with van der Waals surface area (Å²) < 4.78 is 14.8. The summed E-state index contributed by atoms with van der Waals surface area (Å²) in [4.78, 5) is 24.4. The van der Waals surface area contributed by atoms with Crippen molar-refractivity contribution in [1.82, 2.24) is 14.9 Å². The Morgan fingerprint density at radius 3 is 2.32 bits per heavy atom. The first-order chi connectivity index (χ1) is 16.4. The summed E-state index contributed by atoms with van der Waals surface area (Å²) in [6.07, 6.45) is 1.48. The van der Waals surface area contributed by atoms with Crippen LogP contribution in [0.1, 0.15) is 35.3 Å². The molecule has 34 heavy (non-hydrogen) atoms. The van der Waals surface area contributed by atoms with Gasteiger partial charge in [0.15, 0.2) is 0 Å². The number of rotatable bonds is 7. The van der Waals surface area contributed by atoms with Crippen molar-refractivity contribution < 1.29 is 9.18 Å². The van der Waals surface area contributed by atoms with Gasteiger partial charge >= 0.3 is 0 Å². The van der Waals surface area contributed by atoms with E-state index in [2.05, 4.69) is 15.3 Å². The molecule has 0 unspecified atom stereocenters. The van der Waals surface area contributed by atoms with Gasteiger partial charge in [0.2, 0.25) is 5.95 Å². The van der Waals surface area contributed by atoms with Crippen LogP contribution >= 0.6 is 0 Å². The quantitative estimate of drug-likeness (QED) is 0.352. The lowest BCUT2D eigenvalue weighted by atomic mass is 10.0. The van der Waals surface area contributed by atoms with Gasteiger partial charge < -0.3 is 10.2 Å². The van der Waals surface area contributed by atoms with Gasteiger partial charge in [-0.15, -0.1) is 0 Å². The SMILES string of the molecule is Cc1ccc(Nc2ncc(C(=O)N(Cc3ccccc3)C(C)C)c(-c3ccccc3F)n2)cc1. The predicted octanol–water partition coefficient (Wildman–Crippen LogP) is 6.39. The topological polar surface area (TPSA) is 58.1 Å². The molecule has 0 aliphatic carbocycles. The third-order valence-electron chi connectivity index (χ3n) is 5.54. The molecule has 1 aromatic heterocycles. The molecular formula is C28H27FN4O. The van der Waals surface area contributed by atoms with E-state index >= 15 is 0 Å². The first kappa shape index (κ1) is 23.1. The van der Waals surface area contributed by atoms with Gasteiger partial charge in [-0.25, -0.2) is 14.4 Å². The second-order valence-electron chi connectivity index (χ2n) is 8.44. The van der Waals surface area contributed by atoms with Gasteiger partial charge in [-0.2, -0.15) is 0 Å². The minimum Gasteiger partial charge on any atom is -0.332 e. The van der Waals surface area contributed by atoms with Crippen molar-refractivity contribution in [2.45, 2.75) is 33.4 Å². The van der Waals surface area contributed by atoms with Gasteiger partial charge in [0.25, 0.3) is 5.91 Å². The fourth-order valence-corrected chi connectivity index (χ4v) is 3.65. The Morgan fingerprint density at radius 1 is 0.971 bits per heavy atom. The molecule has 0 fully saturated rings. The highest BCUT2D eigenvalue weighted by Crippen LogP contribution is 2.28. The average Bonchev–Trinajstić information content (AvgIpc) is 2.84. The Hall–Kier alpha value is -4.06. The lowest BCUT2D eigenvalue weighted by molar-refractivity contribution is 0.0690. The van der Waals surface area contributed by atoms with Crippen LogP contribution in [0.2, 0.25) is 0 Å². The Balaban J connectivity index is 1.75. The molecule has 0 aliphatic rings. The Kier molecular flexibility index (Phi) is 6.97. The van der Waals surface area contributed by atoms with Crippen LogP contribution in [-0.2, 0) is 6.54 Å². The van der Waals surface area contributed by atoms with Crippen LogP contribution in [0.4, 0.5) is 16.0 Å². The van der Waals surface area contributed by atoms with E-state index in [0.717, 1.165) is 16.8 Å². The van der Waals surface area contributed by atoms with Crippen LogP contribution < -0.4 is 5.32 Å². The fraction of sp³-hybridized carbons (Fsp3) is 0.179. The normalized spacial score (nSPS) is 10.9. The second kappa shape index (κ2) is 10.3. The van der Waals surface area contributed by atoms with Crippen LogP contribution in [0, 0.1) is 12.7 Å². The van der Waals surface area contributed by atoms with Gasteiger partial charge in [-0.1, -0.05) is 60.2 Å². The van der Waals surface area contributed by atoms with Crippen molar-refractivity contribution in [3.05, 3.63) is 108 Å². The van der Waals surface area contributed by atoms with Crippen LogP contribution in [0.25, 0.3) is 11.3 Å². The van der Waals surface area contributed by atoms with Crippen LogP contribution in [0.5, 0.6) is 0 Å². The van der Waals surface area contributed by atoms with Gasteiger partial charge in [0.05, 0.1) is 11.3 Å². The summed E-state index contributed by atoms with van der Waals surface area (Å²) in [5, 5.41) is 3.15. The monoisotopic (exact) mass is 454 g/mol. The summed E-state index contributed by atoms with van der Waals surface area (Å²) in [5.41, 5.74) is 3.71. The predicted molar refractivity (Wildman–Crippen MR) is 133 cm³/mol. The van der Waals surface area contributed by atoms with Gasteiger partial charge in [-0.3, -0.25) is 4.79 Å².